The number of urea groups is 1. The third-order valence-corrected chi connectivity index (χ3v) is 7.52. The SMILES string of the molecule is CNC(=O)Nc1ccc2c(c1)CC[C@@]21OC(=O)N(CC(=O)N(Cc2ccc(F)cc2)C(C)C2CC2)C1=O. The molecule has 2 aromatic rings. The second-order valence-electron chi connectivity index (χ2n) is 9.89. The quantitative estimate of drug-likeness (QED) is 0.595. The fraction of sp³-hybridized carbons (Fsp3) is 0.407. The minimum atomic E-state index is -1.47. The van der Waals surface area contributed by atoms with Crippen LogP contribution in [0.1, 0.15) is 42.9 Å². The van der Waals surface area contributed by atoms with Crippen molar-refractivity contribution in [1.82, 2.24) is 15.1 Å². The van der Waals surface area contributed by atoms with Crippen molar-refractivity contribution in [3.05, 3.63) is 65.0 Å². The Bertz CT molecular complexity index is 1260. The van der Waals surface area contributed by atoms with Crippen molar-refractivity contribution in [3.8, 4) is 0 Å². The number of rotatable bonds is 7. The molecule has 1 spiro atoms. The lowest BCUT2D eigenvalue weighted by Gasteiger charge is -2.30. The van der Waals surface area contributed by atoms with Gasteiger partial charge in [-0.1, -0.05) is 18.2 Å². The van der Waals surface area contributed by atoms with Crippen molar-refractivity contribution in [1.29, 1.82) is 0 Å². The minimum absolute atomic E-state index is 0.0845. The molecule has 0 bridgehead atoms. The smallest absolute Gasteiger partial charge is 0.418 e. The largest absolute Gasteiger partial charge is 0.427 e. The van der Waals surface area contributed by atoms with Gasteiger partial charge >= 0.3 is 12.1 Å². The van der Waals surface area contributed by atoms with Crippen molar-refractivity contribution in [3.63, 3.8) is 0 Å². The molecule has 1 heterocycles. The molecule has 2 N–H and O–H groups in total. The number of ether oxygens (including phenoxy) is 1. The third-order valence-electron chi connectivity index (χ3n) is 7.52. The second kappa shape index (κ2) is 9.49. The molecule has 9 nitrogen and oxygen atoms in total. The lowest BCUT2D eigenvalue weighted by Crippen LogP contribution is -2.47. The number of fused-ring (bicyclic) bond motifs is 2. The molecule has 2 aromatic carbocycles. The van der Waals surface area contributed by atoms with Crippen molar-refractivity contribution < 1.29 is 28.3 Å². The molecule has 5 amide bonds. The van der Waals surface area contributed by atoms with E-state index in [0.29, 0.717) is 23.6 Å². The van der Waals surface area contributed by atoms with Crippen LogP contribution >= 0.6 is 0 Å². The van der Waals surface area contributed by atoms with Gasteiger partial charge in [0, 0.05) is 37.3 Å². The number of amides is 5. The van der Waals surface area contributed by atoms with Gasteiger partial charge in [0.05, 0.1) is 0 Å². The van der Waals surface area contributed by atoms with Crippen LogP contribution in [0.25, 0.3) is 0 Å². The highest BCUT2D eigenvalue weighted by Crippen LogP contribution is 2.46. The van der Waals surface area contributed by atoms with E-state index < -0.39 is 24.1 Å². The number of imide groups is 1. The summed E-state index contributed by atoms with van der Waals surface area (Å²) in [4.78, 5) is 54.1. The van der Waals surface area contributed by atoms with E-state index in [9.17, 15) is 23.6 Å². The fourth-order valence-electron chi connectivity index (χ4n) is 5.23. The van der Waals surface area contributed by atoms with Gasteiger partial charge in [-0.05, 0) is 67.5 Å². The normalized spacial score (nSPS) is 21.0. The van der Waals surface area contributed by atoms with Crippen LogP contribution in [-0.4, -0.2) is 53.4 Å². The Morgan fingerprint density at radius 3 is 2.59 bits per heavy atom. The number of carbonyl (C=O) groups is 4. The first kappa shape index (κ1) is 24.7. The number of nitrogens with zero attached hydrogens (tertiary/aromatic N) is 2. The zero-order valence-electron chi connectivity index (χ0n) is 20.8. The fourth-order valence-corrected chi connectivity index (χ4v) is 5.23. The monoisotopic (exact) mass is 508 g/mol. The van der Waals surface area contributed by atoms with Gasteiger partial charge in [-0.3, -0.25) is 9.59 Å². The number of nitrogens with one attached hydrogen (secondary N) is 2. The molecule has 0 aromatic heterocycles. The van der Waals surface area contributed by atoms with E-state index in [1.807, 2.05) is 6.92 Å². The van der Waals surface area contributed by atoms with E-state index in [1.54, 1.807) is 35.2 Å². The lowest BCUT2D eigenvalue weighted by atomic mass is 9.94. The number of hydrogen-bond acceptors (Lipinski definition) is 5. The second-order valence-corrected chi connectivity index (χ2v) is 9.89. The van der Waals surface area contributed by atoms with Gasteiger partial charge in [0.15, 0.2) is 0 Å². The van der Waals surface area contributed by atoms with Crippen LogP contribution in [0.3, 0.4) is 0 Å². The molecule has 2 fully saturated rings. The Hall–Kier alpha value is -3.95. The summed E-state index contributed by atoms with van der Waals surface area (Å²) in [6, 6.07) is 10.6. The topological polar surface area (TPSA) is 108 Å². The van der Waals surface area contributed by atoms with Crippen molar-refractivity contribution >= 4 is 29.6 Å². The Morgan fingerprint density at radius 2 is 1.92 bits per heavy atom. The van der Waals surface area contributed by atoms with E-state index >= 15 is 0 Å². The van der Waals surface area contributed by atoms with Crippen LogP contribution in [0.15, 0.2) is 42.5 Å². The summed E-state index contributed by atoms with van der Waals surface area (Å²) in [6.45, 7) is 1.79. The number of benzene rings is 2. The number of halogens is 1. The Kier molecular flexibility index (Phi) is 6.35. The molecule has 1 saturated heterocycles. The summed E-state index contributed by atoms with van der Waals surface area (Å²) >= 11 is 0. The molecule has 37 heavy (non-hydrogen) atoms. The molecule has 194 valence electrons. The maximum atomic E-state index is 13.6. The molecular weight excluding hydrogens is 479 g/mol. The maximum absolute atomic E-state index is 13.6. The average Bonchev–Trinajstić information content (AvgIpc) is 3.64. The highest BCUT2D eigenvalue weighted by molar-refractivity contribution is 6.06. The number of anilines is 1. The van der Waals surface area contributed by atoms with Gasteiger partial charge in [-0.2, -0.15) is 0 Å². The van der Waals surface area contributed by atoms with Gasteiger partial charge in [-0.25, -0.2) is 18.9 Å². The lowest BCUT2D eigenvalue weighted by molar-refractivity contribution is -0.143. The summed E-state index contributed by atoms with van der Waals surface area (Å²) < 4.78 is 19.0. The predicted molar refractivity (Wildman–Crippen MR) is 132 cm³/mol. The summed E-state index contributed by atoms with van der Waals surface area (Å²) in [6.07, 6.45) is 1.92. The van der Waals surface area contributed by atoms with Gasteiger partial charge < -0.3 is 20.3 Å². The van der Waals surface area contributed by atoms with Crippen LogP contribution < -0.4 is 10.6 Å². The van der Waals surface area contributed by atoms with E-state index in [-0.39, 0.29) is 36.8 Å². The summed E-state index contributed by atoms with van der Waals surface area (Å²) in [5, 5.41) is 5.17. The Balaban J connectivity index is 1.34. The van der Waals surface area contributed by atoms with Crippen LogP contribution in [0.4, 0.5) is 19.7 Å². The van der Waals surface area contributed by atoms with Gasteiger partial charge in [-0.15, -0.1) is 0 Å². The molecule has 1 aliphatic heterocycles. The van der Waals surface area contributed by atoms with Crippen molar-refractivity contribution in [2.45, 2.75) is 50.8 Å². The molecule has 2 atom stereocenters. The first-order chi connectivity index (χ1) is 17.7. The van der Waals surface area contributed by atoms with Crippen molar-refractivity contribution in [2.24, 2.45) is 5.92 Å². The zero-order valence-corrected chi connectivity index (χ0v) is 20.8. The molecule has 5 rings (SSSR count). The van der Waals surface area contributed by atoms with E-state index in [4.69, 9.17) is 4.74 Å². The number of hydrogen-bond donors (Lipinski definition) is 2. The van der Waals surface area contributed by atoms with E-state index in [1.165, 1.54) is 19.2 Å². The Morgan fingerprint density at radius 1 is 1.19 bits per heavy atom. The third kappa shape index (κ3) is 4.63. The minimum Gasteiger partial charge on any atom is -0.427 e. The molecule has 10 heteroatoms. The molecule has 0 radical (unpaired) electrons. The average molecular weight is 509 g/mol. The molecule has 3 aliphatic rings. The molecule has 2 aliphatic carbocycles. The summed E-state index contributed by atoms with van der Waals surface area (Å²) in [5.41, 5.74) is 1.22. The first-order valence-electron chi connectivity index (χ1n) is 12.4. The first-order valence-corrected chi connectivity index (χ1v) is 12.4. The molecular formula is C27H29FN4O5. The van der Waals surface area contributed by atoms with Crippen LogP contribution in [0.2, 0.25) is 0 Å². The highest BCUT2D eigenvalue weighted by atomic mass is 19.1. The van der Waals surface area contributed by atoms with Crippen LogP contribution in [0.5, 0.6) is 0 Å². The van der Waals surface area contributed by atoms with Crippen LogP contribution in [0, 0.1) is 11.7 Å². The standard InChI is InChI=1S/C27H29FN4O5/c1-16(18-5-6-18)31(14-17-3-7-20(28)8-4-17)23(33)15-32-24(34)27(37-26(32)36)12-11-19-13-21(9-10-22(19)27)30-25(35)29-2/h3-4,7-10,13,16,18H,5-6,11-12,14-15H2,1-2H3,(H2,29,30,35)/t16?,27-/m1/s1. The highest BCUT2D eigenvalue weighted by Gasteiger charge is 2.58. The zero-order chi connectivity index (χ0) is 26.3. The van der Waals surface area contributed by atoms with Crippen LogP contribution in [-0.2, 0) is 32.9 Å². The Labute approximate surface area is 213 Å². The summed E-state index contributed by atoms with van der Waals surface area (Å²) in [5.74, 6) is -0.927. The predicted octanol–water partition coefficient (Wildman–Crippen LogP) is 3.52. The van der Waals surface area contributed by atoms with Gasteiger partial charge in [0.2, 0.25) is 11.5 Å². The van der Waals surface area contributed by atoms with E-state index in [0.717, 1.165) is 28.9 Å². The number of carbonyl (C=O) groups excluding carboxylic acids is 4. The van der Waals surface area contributed by atoms with Gasteiger partial charge in [0.25, 0.3) is 5.91 Å². The molecule has 1 unspecified atom stereocenters. The maximum Gasteiger partial charge on any atom is 0.418 e. The van der Waals surface area contributed by atoms with Gasteiger partial charge in [0.1, 0.15) is 12.4 Å². The summed E-state index contributed by atoms with van der Waals surface area (Å²) in [7, 11) is 1.51. The van der Waals surface area contributed by atoms with E-state index in [2.05, 4.69) is 10.6 Å². The molecule has 1 saturated carbocycles. The number of aryl methyl sites for hydroxylation is 1. The van der Waals surface area contributed by atoms with Crippen molar-refractivity contribution in [2.75, 3.05) is 18.9 Å².